The van der Waals surface area contributed by atoms with Gasteiger partial charge >= 0.3 is 0 Å². The third-order valence-electron chi connectivity index (χ3n) is 3.21. The van der Waals surface area contributed by atoms with E-state index in [4.69, 9.17) is 5.11 Å². The lowest BCUT2D eigenvalue weighted by atomic mass is 10.2. The van der Waals surface area contributed by atoms with Gasteiger partial charge in [0.25, 0.3) is 0 Å². The van der Waals surface area contributed by atoms with E-state index >= 15 is 0 Å². The zero-order valence-corrected chi connectivity index (χ0v) is 13.6. The van der Waals surface area contributed by atoms with Crippen LogP contribution < -0.4 is 10.2 Å². The summed E-state index contributed by atoms with van der Waals surface area (Å²) in [5.41, 5.74) is 1.69. The molecule has 0 saturated heterocycles. The van der Waals surface area contributed by atoms with Crippen molar-refractivity contribution in [2.75, 3.05) is 36.2 Å². The number of likely N-dealkylation sites (N-methyl/N-ethyl adjacent to an activating group) is 1. The van der Waals surface area contributed by atoms with Crippen molar-refractivity contribution in [2.24, 2.45) is 0 Å². The molecule has 2 rings (SSSR count). The molecule has 2 aromatic carbocycles. The lowest BCUT2D eigenvalue weighted by Crippen LogP contribution is -2.21. The molecule has 0 bridgehead atoms. The van der Waals surface area contributed by atoms with Gasteiger partial charge in [-0.2, -0.15) is 0 Å². The van der Waals surface area contributed by atoms with Crippen LogP contribution in [0.3, 0.4) is 0 Å². The molecule has 2 aromatic rings. The Labute approximate surface area is 139 Å². The van der Waals surface area contributed by atoms with Crippen LogP contribution in [0.1, 0.15) is 0 Å². The van der Waals surface area contributed by atoms with Crippen molar-refractivity contribution in [1.29, 1.82) is 0 Å². The molecule has 23 heavy (non-hydrogen) atoms. The molecule has 0 aromatic heterocycles. The minimum Gasteiger partial charge on any atom is -0.395 e. The standard InChI is InChI=1S/C17H19FN2O2S/c1-20(10-11-21)15-6-4-14(5-7-15)19-17(22)12-23-16-8-2-13(18)3-9-16/h2-9,21H,10-12H2,1H3,(H,19,22). The number of carbonyl (C=O) groups is 1. The average molecular weight is 334 g/mol. The fraction of sp³-hybridized carbons (Fsp3) is 0.235. The Kier molecular flexibility index (Phi) is 6.43. The van der Waals surface area contributed by atoms with Gasteiger partial charge in [0.05, 0.1) is 12.4 Å². The molecule has 0 heterocycles. The Morgan fingerprint density at radius 3 is 2.43 bits per heavy atom. The molecule has 0 aliphatic heterocycles. The van der Waals surface area contributed by atoms with Crippen molar-refractivity contribution in [3.05, 3.63) is 54.3 Å². The molecule has 0 unspecified atom stereocenters. The van der Waals surface area contributed by atoms with Gasteiger partial charge < -0.3 is 15.3 Å². The SMILES string of the molecule is CN(CCO)c1ccc(NC(=O)CSc2ccc(F)cc2)cc1. The molecule has 0 atom stereocenters. The Balaban J connectivity index is 1.84. The summed E-state index contributed by atoms with van der Waals surface area (Å²) in [6.45, 7) is 0.648. The fourth-order valence-corrected chi connectivity index (χ4v) is 2.65. The van der Waals surface area contributed by atoms with Crippen molar-refractivity contribution >= 4 is 29.0 Å². The number of hydrogen-bond donors (Lipinski definition) is 2. The number of halogens is 1. The Morgan fingerprint density at radius 1 is 1.17 bits per heavy atom. The second-order valence-electron chi connectivity index (χ2n) is 4.98. The second kappa shape index (κ2) is 8.55. The summed E-state index contributed by atoms with van der Waals surface area (Å²) in [7, 11) is 1.89. The molecule has 0 aliphatic rings. The summed E-state index contributed by atoms with van der Waals surface area (Å²) in [6, 6.07) is 13.5. The van der Waals surface area contributed by atoms with Crippen LogP contribution in [0.4, 0.5) is 15.8 Å². The zero-order chi connectivity index (χ0) is 16.7. The topological polar surface area (TPSA) is 52.6 Å². The van der Waals surface area contributed by atoms with Crippen LogP contribution >= 0.6 is 11.8 Å². The lowest BCUT2D eigenvalue weighted by Gasteiger charge is -2.18. The number of rotatable bonds is 7. The number of nitrogens with one attached hydrogen (secondary N) is 1. The summed E-state index contributed by atoms with van der Waals surface area (Å²) >= 11 is 1.36. The van der Waals surface area contributed by atoms with E-state index in [0.717, 1.165) is 16.3 Å². The molecule has 122 valence electrons. The van der Waals surface area contributed by atoms with Crippen molar-refractivity contribution < 1.29 is 14.3 Å². The molecule has 0 spiro atoms. The average Bonchev–Trinajstić information content (AvgIpc) is 2.55. The van der Waals surface area contributed by atoms with Crippen LogP contribution in [-0.2, 0) is 4.79 Å². The molecule has 1 amide bonds. The van der Waals surface area contributed by atoms with Crippen molar-refractivity contribution in [3.63, 3.8) is 0 Å². The molecule has 0 aliphatic carbocycles. The number of benzene rings is 2. The maximum Gasteiger partial charge on any atom is 0.234 e. The normalized spacial score (nSPS) is 10.4. The summed E-state index contributed by atoms with van der Waals surface area (Å²) in [6.07, 6.45) is 0. The maximum absolute atomic E-state index is 12.8. The monoisotopic (exact) mass is 334 g/mol. The number of amides is 1. The molecule has 2 N–H and O–H groups in total. The Morgan fingerprint density at radius 2 is 1.83 bits per heavy atom. The van der Waals surface area contributed by atoms with Gasteiger partial charge in [-0.25, -0.2) is 4.39 Å². The van der Waals surface area contributed by atoms with Gasteiger partial charge in [-0.15, -0.1) is 11.8 Å². The highest BCUT2D eigenvalue weighted by molar-refractivity contribution is 8.00. The van der Waals surface area contributed by atoms with Gasteiger partial charge in [-0.05, 0) is 48.5 Å². The second-order valence-corrected chi connectivity index (χ2v) is 6.03. The Hall–Kier alpha value is -2.05. The van der Waals surface area contributed by atoms with Crippen LogP contribution in [0.5, 0.6) is 0 Å². The third kappa shape index (κ3) is 5.58. The first-order valence-electron chi connectivity index (χ1n) is 7.19. The highest BCUT2D eigenvalue weighted by Gasteiger charge is 2.05. The molecule has 4 nitrogen and oxygen atoms in total. The molecule has 0 radical (unpaired) electrons. The smallest absolute Gasteiger partial charge is 0.234 e. The predicted octanol–water partition coefficient (Wildman–Crippen LogP) is 2.99. The fourth-order valence-electron chi connectivity index (χ4n) is 1.96. The number of carbonyl (C=O) groups excluding carboxylic acids is 1. The number of aliphatic hydroxyl groups excluding tert-OH is 1. The number of hydrogen-bond acceptors (Lipinski definition) is 4. The van der Waals surface area contributed by atoms with E-state index in [2.05, 4.69) is 5.32 Å². The minimum absolute atomic E-state index is 0.0929. The van der Waals surface area contributed by atoms with E-state index in [1.54, 1.807) is 12.1 Å². The van der Waals surface area contributed by atoms with Gasteiger partial charge in [-0.3, -0.25) is 4.79 Å². The van der Waals surface area contributed by atoms with Gasteiger partial charge in [0.2, 0.25) is 5.91 Å². The van der Waals surface area contributed by atoms with E-state index in [9.17, 15) is 9.18 Å². The van der Waals surface area contributed by atoms with Crippen molar-refractivity contribution in [3.8, 4) is 0 Å². The molecule has 0 saturated carbocycles. The first-order valence-corrected chi connectivity index (χ1v) is 8.17. The molecular weight excluding hydrogens is 315 g/mol. The van der Waals surface area contributed by atoms with Crippen LogP contribution in [-0.4, -0.2) is 37.0 Å². The van der Waals surface area contributed by atoms with Gasteiger partial charge in [0.15, 0.2) is 0 Å². The van der Waals surface area contributed by atoms with E-state index in [0.29, 0.717) is 6.54 Å². The molecule has 0 fully saturated rings. The third-order valence-corrected chi connectivity index (χ3v) is 4.22. The highest BCUT2D eigenvalue weighted by Crippen LogP contribution is 2.20. The summed E-state index contributed by atoms with van der Waals surface area (Å²) in [5, 5.41) is 11.7. The highest BCUT2D eigenvalue weighted by atomic mass is 32.2. The van der Waals surface area contributed by atoms with E-state index in [-0.39, 0.29) is 24.1 Å². The quantitative estimate of drug-likeness (QED) is 0.765. The van der Waals surface area contributed by atoms with Crippen molar-refractivity contribution in [2.45, 2.75) is 4.90 Å². The minimum atomic E-state index is -0.287. The van der Waals surface area contributed by atoms with Crippen molar-refractivity contribution in [1.82, 2.24) is 0 Å². The van der Waals surface area contributed by atoms with E-state index < -0.39 is 0 Å². The van der Waals surface area contributed by atoms with Crippen LogP contribution in [0, 0.1) is 5.82 Å². The van der Waals surface area contributed by atoms with E-state index in [1.807, 2.05) is 36.2 Å². The van der Waals surface area contributed by atoms with E-state index in [1.165, 1.54) is 23.9 Å². The van der Waals surface area contributed by atoms with Crippen LogP contribution in [0.2, 0.25) is 0 Å². The van der Waals surface area contributed by atoms with Crippen LogP contribution in [0.15, 0.2) is 53.4 Å². The first kappa shape index (κ1) is 17.3. The number of aliphatic hydroxyl groups is 1. The summed E-state index contributed by atoms with van der Waals surface area (Å²) in [5.74, 6) is -0.140. The molecule has 6 heteroatoms. The maximum atomic E-state index is 12.8. The lowest BCUT2D eigenvalue weighted by molar-refractivity contribution is -0.113. The summed E-state index contributed by atoms with van der Waals surface area (Å²) < 4.78 is 12.8. The first-order chi connectivity index (χ1) is 11.1. The largest absolute Gasteiger partial charge is 0.395 e. The van der Waals surface area contributed by atoms with Gasteiger partial charge in [-0.1, -0.05) is 0 Å². The van der Waals surface area contributed by atoms with Gasteiger partial charge in [0, 0.05) is 29.9 Å². The zero-order valence-electron chi connectivity index (χ0n) is 12.8. The number of thioether (sulfide) groups is 1. The molecular formula is C17H19FN2O2S. The number of nitrogens with zero attached hydrogens (tertiary/aromatic N) is 1. The number of anilines is 2. The summed E-state index contributed by atoms with van der Waals surface area (Å²) in [4.78, 5) is 14.7. The predicted molar refractivity (Wildman–Crippen MR) is 92.6 cm³/mol. The Bertz CT molecular complexity index is 632. The van der Waals surface area contributed by atoms with Crippen LogP contribution in [0.25, 0.3) is 0 Å². The van der Waals surface area contributed by atoms with Gasteiger partial charge in [0.1, 0.15) is 5.82 Å².